The number of rotatable bonds is 6. The molecule has 1 rings (SSSR count). The molecular weight excluding hydrogens is 230 g/mol. The van der Waals surface area contributed by atoms with Gasteiger partial charge in [-0.2, -0.15) is 0 Å². The molecule has 0 fully saturated rings. The highest BCUT2D eigenvalue weighted by Gasteiger charge is 2.15. The average Bonchev–Trinajstić information content (AvgIpc) is 2.29. The summed E-state index contributed by atoms with van der Waals surface area (Å²) in [5.74, 6) is 0.654. The lowest BCUT2D eigenvalue weighted by Crippen LogP contribution is -2.34. The van der Waals surface area contributed by atoms with Crippen molar-refractivity contribution in [1.82, 2.24) is 5.32 Å². The smallest absolute Gasteiger partial charge is 0.0406 e. The number of benzene rings is 1. The van der Waals surface area contributed by atoms with Crippen molar-refractivity contribution in [3.05, 3.63) is 34.9 Å². The first kappa shape index (κ1) is 14.5. The van der Waals surface area contributed by atoms with Crippen LogP contribution in [-0.4, -0.2) is 6.04 Å². The Hall–Kier alpha value is -0.530. The summed E-state index contributed by atoms with van der Waals surface area (Å²) in [7, 11) is 0. The van der Waals surface area contributed by atoms with Gasteiger partial charge in [0.15, 0.2) is 0 Å². The van der Waals surface area contributed by atoms with Crippen LogP contribution in [0, 0.1) is 5.92 Å². The fourth-order valence-electron chi connectivity index (χ4n) is 1.84. The van der Waals surface area contributed by atoms with E-state index >= 15 is 0 Å². The van der Waals surface area contributed by atoms with Crippen molar-refractivity contribution in [2.45, 2.75) is 52.6 Å². The van der Waals surface area contributed by atoms with E-state index in [1.807, 2.05) is 12.1 Å². The summed E-state index contributed by atoms with van der Waals surface area (Å²) in [4.78, 5) is 0. The maximum atomic E-state index is 5.93. The Labute approximate surface area is 111 Å². The molecule has 2 heteroatoms. The molecule has 0 radical (unpaired) electrons. The van der Waals surface area contributed by atoms with E-state index in [4.69, 9.17) is 11.6 Å². The molecule has 0 aliphatic rings. The van der Waals surface area contributed by atoms with E-state index < -0.39 is 0 Å². The molecule has 0 spiro atoms. The zero-order valence-corrected chi connectivity index (χ0v) is 12.1. The molecule has 1 aromatic rings. The van der Waals surface area contributed by atoms with Gasteiger partial charge < -0.3 is 5.32 Å². The topological polar surface area (TPSA) is 12.0 Å². The van der Waals surface area contributed by atoms with Gasteiger partial charge in [-0.15, -0.1) is 0 Å². The molecule has 0 heterocycles. The fraction of sp³-hybridized carbons (Fsp3) is 0.600. The van der Waals surface area contributed by atoms with Crippen molar-refractivity contribution >= 4 is 11.6 Å². The van der Waals surface area contributed by atoms with Gasteiger partial charge in [-0.05, 0) is 37.0 Å². The first-order chi connectivity index (χ1) is 8.04. The van der Waals surface area contributed by atoms with Crippen LogP contribution in [0.2, 0.25) is 5.02 Å². The van der Waals surface area contributed by atoms with Crippen LogP contribution in [0.25, 0.3) is 0 Å². The summed E-state index contributed by atoms with van der Waals surface area (Å²) in [5, 5.41) is 4.52. The molecule has 1 nitrogen and oxygen atoms in total. The minimum atomic E-state index is 0.440. The van der Waals surface area contributed by atoms with Gasteiger partial charge in [0.2, 0.25) is 0 Å². The van der Waals surface area contributed by atoms with Crippen molar-refractivity contribution in [2.75, 3.05) is 0 Å². The normalized spacial score (nSPS) is 14.9. The van der Waals surface area contributed by atoms with Crippen molar-refractivity contribution in [3.8, 4) is 0 Å². The molecule has 0 bridgehead atoms. The van der Waals surface area contributed by atoms with E-state index in [9.17, 15) is 0 Å². The van der Waals surface area contributed by atoms with Crippen LogP contribution in [0.1, 0.15) is 52.1 Å². The van der Waals surface area contributed by atoms with Crippen LogP contribution in [0.5, 0.6) is 0 Å². The highest BCUT2D eigenvalue weighted by Crippen LogP contribution is 2.22. The Morgan fingerprint density at radius 1 is 1.12 bits per heavy atom. The first-order valence-electron chi connectivity index (χ1n) is 6.56. The van der Waals surface area contributed by atoms with Gasteiger partial charge in [0, 0.05) is 17.1 Å². The zero-order chi connectivity index (χ0) is 12.8. The molecule has 2 unspecified atom stereocenters. The summed E-state index contributed by atoms with van der Waals surface area (Å²) in [5.41, 5.74) is 1.34. The molecule has 0 saturated carbocycles. The standard InChI is InChI=1S/C15H24ClN/c1-5-6-15(17-12(4)11(2)3)13-7-9-14(16)10-8-13/h7-12,15,17H,5-6H2,1-4H3. The van der Waals surface area contributed by atoms with E-state index in [2.05, 4.69) is 45.1 Å². The number of halogens is 1. The lowest BCUT2D eigenvalue weighted by atomic mass is 9.98. The number of hydrogen-bond acceptors (Lipinski definition) is 1. The predicted octanol–water partition coefficient (Wildman–Crippen LogP) is 4.82. The molecule has 2 atom stereocenters. The Kier molecular flexibility index (Phi) is 6.01. The molecule has 0 aliphatic heterocycles. The third-order valence-electron chi connectivity index (χ3n) is 3.31. The Morgan fingerprint density at radius 3 is 2.18 bits per heavy atom. The van der Waals surface area contributed by atoms with Crippen molar-refractivity contribution < 1.29 is 0 Å². The van der Waals surface area contributed by atoms with E-state index in [1.54, 1.807) is 0 Å². The molecular formula is C15H24ClN. The maximum Gasteiger partial charge on any atom is 0.0406 e. The highest BCUT2D eigenvalue weighted by atomic mass is 35.5. The van der Waals surface area contributed by atoms with Gasteiger partial charge in [0.1, 0.15) is 0 Å². The number of nitrogens with one attached hydrogen (secondary N) is 1. The van der Waals surface area contributed by atoms with E-state index in [-0.39, 0.29) is 0 Å². The van der Waals surface area contributed by atoms with Crippen LogP contribution < -0.4 is 5.32 Å². The van der Waals surface area contributed by atoms with Gasteiger partial charge in [-0.3, -0.25) is 0 Å². The minimum absolute atomic E-state index is 0.440. The van der Waals surface area contributed by atoms with Crippen LogP contribution in [0.4, 0.5) is 0 Å². The van der Waals surface area contributed by atoms with Gasteiger partial charge in [0.05, 0.1) is 0 Å². The number of hydrogen-bond donors (Lipinski definition) is 1. The van der Waals surface area contributed by atoms with Crippen molar-refractivity contribution in [3.63, 3.8) is 0 Å². The second-order valence-electron chi connectivity index (χ2n) is 5.09. The predicted molar refractivity (Wildman–Crippen MR) is 76.5 cm³/mol. The largest absolute Gasteiger partial charge is 0.307 e. The molecule has 0 aromatic heterocycles. The molecule has 1 N–H and O–H groups in total. The monoisotopic (exact) mass is 253 g/mol. The van der Waals surface area contributed by atoms with Crippen molar-refractivity contribution in [2.24, 2.45) is 5.92 Å². The van der Waals surface area contributed by atoms with E-state index in [1.165, 1.54) is 18.4 Å². The second kappa shape index (κ2) is 7.03. The zero-order valence-electron chi connectivity index (χ0n) is 11.3. The summed E-state index contributed by atoms with van der Waals surface area (Å²) in [6.07, 6.45) is 2.35. The Bertz CT molecular complexity index is 318. The average molecular weight is 254 g/mol. The Balaban J connectivity index is 2.74. The van der Waals surface area contributed by atoms with Crippen LogP contribution in [-0.2, 0) is 0 Å². The SMILES string of the molecule is CCCC(NC(C)C(C)C)c1ccc(Cl)cc1. The summed E-state index contributed by atoms with van der Waals surface area (Å²) < 4.78 is 0. The molecule has 1 aromatic carbocycles. The van der Waals surface area contributed by atoms with Gasteiger partial charge >= 0.3 is 0 Å². The van der Waals surface area contributed by atoms with Crippen molar-refractivity contribution in [1.29, 1.82) is 0 Å². The summed E-state index contributed by atoms with van der Waals surface area (Å²) >= 11 is 5.93. The summed E-state index contributed by atoms with van der Waals surface area (Å²) in [6, 6.07) is 9.17. The highest BCUT2D eigenvalue weighted by molar-refractivity contribution is 6.30. The lowest BCUT2D eigenvalue weighted by molar-refractivity contribution is 0.362. The quantitative estimate of drug-likeness (QED) is 0.767. The second-order valence-corrected chi connectivity index (χ2v) is 5.53. The molecule has 0 aliphatic carbocycles. The Morgan fingerprint density at radius 2 is 1.71 bits per heavy atom. The minimum Gasteiger partial charge on any atom is -0.307 e. The summed E-state index contributed by atoms with van der Waals surface area (Å²) in [6.45, 7) is 8.99. The van der Waals surface area contributed by atoms with Crippen LogP contribution in [0.3, 0.4) is 0 Å². The molecule has 0 saturated heterocycles. The third-order valence-corrected chi connectivity index (χ3v) is 3.57. The third kappa shape index (κ3) is 4.69. The van der Waals surface area contributed by atoms with Gasteiger partial charge in [-0.1, -0.05) is 50.9 Å². The van der Waals surface area contributed by atoms with Gasteiger partial charge in [0.25, 0.3) is 0 Å². The van der Waals surface area contributed by atoms with Crippen LogP contribution in [0.15, 0.2) is 24.3 Å². The lowest BCUT2D eigenvalue weighted by Gasteiger charge is -2.26. The van der Waals surface area contributed by atoms with Crippen LogP contribution >= 0.6 is 11.6 Å². The van der Waals surface area contributed by atoms with E-state index in [0.29, 0.717) is 18.0 Å². The molecule has 17 heavy (non-hydrogen) atoms. The maximum absolute atomic E-state index is 5.93. The fourth-order valence-corrected chi connectivity index (χ4v) is 1.97. The van der Waals surface area contributed by atoms with E-state index in [0.717, 1.165) is 5.02 Å². The van der Waals surface area contributed by atoms with Gasteiger partial charge in [-0.25, -0.2) is 0 Å². The molecule has 0 amide bonds. The molecule has 96 valence electrons. The first-order valence-corrected chi connectivity index (χ1v) is 6.94.